The van der Waals surface area contributed by atoms with Crippen LogP contribution < -0.4 is 10.6 Å². The minimum atomic E-state index is -1.00. The Balaban J connectivity index is 1.72. The first kappa shape index (κ1) is 13.8. The number of hydrogen-bond acceptors (Lipinski definition) is 4. The van der Waals surface area contributed by atoms with Gasteiger partial charge in [0.2, 0.25) is 11.8 Å². The summed E-state index contributed by atoms with van der Waals surface area (Å²) in [6, 6.07) is -0.509. The maximum absolute atomic E-state index is 12.5. The summed E-state index contributed by atoms with van der Waals surface area (Å²) in [5.74, 6) is -0.866. The average Bonchev–Trinajstić information content (AvgIpc) is 2.90. The summed E-state index contributed by atoms with van der Waals surface area (Å²) in [6.07, 6.45) is 1.39. The number of rotatable bonds is 1. The van der Waals surface area contributed by atoms with Crippen LogP contribution in [-0.4, -0.2) is 65.8 Å². The average molecular weight is 294 g/mol. The van der Waals surface area contributed by atoms with Crippen LogP contribution in [-0.2, 0) is 14.4 Å². The number of nitrogens with one attached hydrogen (secondary N) is 2. The monoisotopic (exact) mass is 294 g/mol. The molecule has 3 saturated heterocycles. The highest BCUT2D eigenvalue weighted by Gasteiger charge is 2.50. The molecule has 3 heterocycles. The van der Waals surface area contributed by atoms with E-state index >= 15 is 0 Å². The second kappa shape index (κ2) is 4.71. The lowest BCUT2D eigenvalue weighted by Gasteiger charge is -2.38. The van der Waals surface area contributed by atoms with E-state index in [0.29, 0.717) is 25.9 Å². The van der Waals surface area contributed by atoms with Crippen molar-refractivity contribution >= 4 is 23.8 Å². The van der Waals surface area contributed by atoms with Crippen LogP contribution in [0.4, 0.5) is 4.79 Å². The van der Waals surface area contributed by atoms with Gasteiger partial charge in [-0.15, -0.1) is 0 Å². The van der Waals surface area contributed by atoms with E-state index in [-0.39, 0.29) is 36.6 Å². The molecule has 2 atom stereocenters. The molecule has 0 saturated carbocycles. The predicted octanol–water partition coefficient (Wildman–Crippen LogP) is -1.33. The van der Waals surface area contributed by atoms with Gasteiger partial charge in [-0.05, 0) is 12.8 Å². The summed E-state index contributed by atoms with van der Waals surface area (Å²) in [5.41, 5.74) is -1.00. The third kappa shape index (κ3) is 2.24. The zero-order valence-electron chi connectivity index (χ0n) is 11.8. The number of imide groups is 1. The van der Waals surface area contributed by atoms with Gasteiger partial charge in [0.25, 0.3) is 5.91 Å². The van der Waals surface area contributed by atoms with E-state index in [1.165, 1.54) is 0 Å². The maximum atomic E-state index is 12.5. The number of urea groups is 1. The van der Waals surface area contributed by atoms with Gasteiger partial charge in [-0.2, -0.15) is 0 Å². The zero-order valence-corrected chi connectivity index (χ0v) is 11.8. The molecule has 1 spiro atoms. The smallest absolute Gasteiger partial charge is 0.322 e. The lowest BCUT2D eigenvalue weighted by molar-refractivity contribution is -0.140. The first-order chi connectivity index (χ1) is 9.91. The number of carbonyl (C=O) groups excluding carboxylic acids is 4. The van der Waals surface area contributed by atoms with Gasteiger partial charge in [-0.3, -0.25) is 19.7 Å². The highest BCUT2D eigenvalue weighted by Crippen LogP contribution is 2.27. The number of amides is 5. The van der Waals surface area contributed by atoms with Crippen molar-refractivity contribution in [1.29, 1.82) is 0 Å². The van der Waals surface area contributed by atoms with Gasteiger partial charge >= 0.3 is 6.03 Å². The Bertz CT molecular complexity index is 534. The molecular formula is C13H18N4O4. The standard InChI is InChI=1S/C13H18N4O4/c1-16-6-8(5-9(16)18)10(19)17-4-2-3-13(7-17)11(20)14-12(21)15-13/h8H,2-7H2,1H3,(H2,14,15,20,21). The fraction of sp³-hybridized carbons (Fsp3) is 0.692. The topological polar surface area (TPSA) is 98.8 Å². The SMILES string of the molecule is CN1CC(C(=O)N2CCCC3(C2)NC(=O)NC3=O)CC1=O. The number of carbonyl (C=O) groups is 4. The van der Waals surface area contributed by atoms with E-state index in [4.69, 9.17) is 0 Å². The summed E-state index contributed by atoms with van der Waals surface area (Å²) >= 11 is 0. The van der Waals surface area contributed by atoms with E-state index in [9.17, 15) is 19.2 Å². The molecule has 3 rings (SSSR count). The molecule has 0 radical (unpaired) electrons. The summed E-state index contributed by atoms with van der Waals surface area (Å²) in [6.45, 7) is 1.15. The first-order valence-corrected chi connectivity index (χ1v) is 7.08. The van der Waals surface area contributed by atoms with Crippen molar-refractivity contribution in [1.82, 2.24) is 20.4 Å². The van der Waals surface area contributed by atoms with E-state index in [1.54, 1.807) is 16.8 Å². The van der Waals surface area contributed by atoms with Crippen LogP contribution in [0.1, 0.15) is 19.3 Å². The molecule has 0 bridgehead atoms. The van der Waals surface area contributed by atoms with E-state index in [1.807, 2.05) is 0 Å². The van der Waals surface area contributed by atoms with Crippen molar-refractivity contribution < 1.29 is 19.2 Å². The fourth-order valence-corrected chi connectivity index (χ4v) is 3.35. The molecule has 0 aromatic rings. The number of piperidine rings is 1. The predicted molar refractivity (Wildman–Crippen MR) is 71.0 cm³/mol. The van der Waals surface area contributed by atoms with Crippen LogP contribution in [0.3, 0.4) is 0 Å². The van der Waals surface area contributed by atoms with Crippen LogP contribution in [0.25, 0.3) is 0 Å². The quantitative estimate of drug-likeness (QED) is 0.585. The van der Waals surface area contributed by atoms with Gasteiger partial charge in [-0.25, -0.2) is 4.79 Å². The summed E-state index contributed by atoms with van der Waals surface area (Å²) in [7, 11) is 1.68. The lowest BCUT2D eigenvalue weighted by Crippen LogP contribution is -2.60. The Kier molecular flexibility index (Phi) is 3.11. The van der Waals surface area contributed by atoms with E-state index < -0.39 is 11.6 Å². The van der Waals surface area contributed by atoms with Crippen LogP contribution in [0.15, 0.2) is 0 Å². The highest BCUT2D eigenvalue weighted by molar-refractivity contribution is 6.07. The second-order valence-electron chi connectivity index (χ2n) is 6.03. The molecule has 2 N–H and O–H groups in total. The molecule has 0 aromatic heterocycles. The highest BCUT2D eigenvalue weighted by atomic mass is 16.2. The van der Waals surface area contributed by atoms with Crippen molar-refractivity contribution in [3.05, 3.63) is 0 Å². The van der Waals surface area contributed by atoms with Gasteiger partial charge in [0.15, 0.2) is 0 Å². The molecule has 8 heteroatoms. The third-order valence-electron chi connectivity index (χ3n) is 4.51. The molecule has 0 aromatic carbocycles. The molecule has 0 aliphatic carbocycles. The van der Waals surface area contributed by atoms with Gasteiger partial charge in [-0.1, -0.05) is 0 Å². The Labute approximate surface area is 121 Å². The Morgan fingerprint density at radius 2 is 2.10 bits per heavy atom. The van der Waals surface area contributed by atoms with Crippen molar-refractivity contribution in [2.75, 3.05) is 26.7 Å². The minimum Gasteiger partial charge on any atom is -0.345 e. The van der Waals surface area contributed by atoms with Crippen LogP contribution in [0.2, 0.25) is 0 Å². The number of hydrogen-bond donors (Lipinski definition) is 2. The lowest BCUT2D eigenvalue weighted by atomic mass is 9.88. The van der Waals surface area contributed by atoms with Gasteiger partial charge in [0.05, 0.1) is 12.5 Å². The van der Waals surface area contributed by atoms with Gasteiger partial charge < -0.3 is 15.1 Å². The minimum absolute atomic E-state index is 0.0352. The van der Waals surface area contributed by atoms with Crippen LogP contribution >= 0.6 is 0 Å². The van der Waals surface area contributed by atoms with Crippen molar-refractivity contribution in [3.8, 4) is 0 Å². The van der Waals surface area contributed by atoms with Gasteiger partial charge in [0.1, 0.15) is 5.54 Å². The summed E-state index contributed by atoms with van der Waals surface area (Å²) in [4.78, 5) is 50.5. The normalized spacial score (nSPS) is 32.6. The molecular weight excluding hydrogens is 276 g/mol. The van der Waals surface area contributed by atoms with Crippen molar-refractivity contribution in [2.45, 2.75) is 24.8 Å². The number of likely N-dealkylation sites (tertiary alicyclic amines) is 2. The van der Waals surface area contributed by atoms with E-state index in [2.05, 4.69) is 10.6 Å². The largest absolute Gasteiger partial charge is 0.345 e. The third-order valence-corrected chi connectivity index (χ3v) is 4.51. The second-order valence-corrected chi connectivity index (χ2v) is 6.03. The molecule has 8 nitrogen and oxygen atoms in total. The van der Waals surface area contributed by atoms with Crippen molar-refractivity contribution in [3.63, 3.8) is 0 Å². The van der Waals surface area contributed by atoms with Crippen LogP contribution in [0, 0.1) is 5.92 Å². The first-order valence-electron chi connectivity index (χ1n) is 7.08. The zero-order chi connectivity index (χ0) is 15.2. The summed E-state index contributed by atoms with van der Waals surface area (Å²) < 4.78 is 0. The number of nitrogens with zero attached hydrogens (tertiary/aromatic N) is 2. The Hall–Kier alpha value is -2.12. The maximum Gasteiger partial charge on any atom is 0.322 e. The van der Waals surface area contributed by atoms with Crippen molar-refractivity contribution in [2.24, 2.45) is 5.92 Å². The molecule has 5 amide bonds. The Morgan fingerprint density at radius 1 is 1.33 bits per heavy atom. The van der Waals surface area contributed by atoms with Gasteiger partial charge in [0, 0.05) is 26.6 Å². The molecule has 21 heavy (non-hydrogen) atoms. The van der Waals surface area contributed by atoms with E-state index in [0.717, 1.165) is 0 Å². The molecule has 3 aliphatic heterocycles. The molecule has 3 fully saturated rings. The van der Waals surface area contributed by atoms with Crippen LogP contribution in [0.5, 0.6) is 0 Å². The molecule has 3 aliphatic rings. The molecule has 2 unspecified atom stereocenters. The fourth-order valence-electron chi connectivity index (χ4n) is 3.35. The molecule has 114 valence electrons. The Morgan fingerprint density at radius 3 is 2.67 bits per heavy atom. The summed E-state index contributed by atoms with van der Waals surface area (Å²) in [5, 5.41) is 4.87.